The molecule has 1 unspecified atom stereocenters. The van der Waals surface area contributed by atoms with E-state index in [1.165, 1.54) is 4.88 Å². The minimum absolute atomic E-state index is 0.0962. The van der Waals surface area contributed by atoms with Crippen LogP contribution in [-0.2, 0) is 11.2 Å². The summed E-state index contributed by atoms with van der Waals surface area (Å²) in [5.74, 6) is 0.119. The van der Waals surface area contributed by atoms with Gasteiger partial charge in [-0.3, -0.25) is 4.79 Å². The number of amides is 1. The molecule has 0 aliphatic heterocycles. The fourth-order valence-corrected chi connectivity index (χ4v) is 3.05. The van der Waals surface area contributed by atoms with Crippen LogP contribution in [0.15, 0.2) is 46.3 Å². The Morgan fingerprint density at radius 3 is 2.65 bits per heavy atom. The maximum atomic E-state index is 12.0. The quantitative estimate of drug-likeness (QED) is 0.801. The monoisotopic (exact) mass is 351 g/mol. The van der Waals surface area contributed by atoms with Crippen molar-refractivity contribution in [3.63, 3.8) is 0 Å². The van der Waals surface area contributed by atoms with E-state index >= 15 is 0 Å². The van der Waals surface area contributed by atoms with Crippen molar-refractivity contribution in [1.29, 1.82) is 0 Å². The minimum atomic E-state index is 0.0962. The molecule has 1 heterocycles. The van der Waals surface area contributed by atoms with Crippen LogP contribution < -0.4 is 5.32 Å². The van der Waals surface area contributed by atoms with E-state index in [-0.39, 0.29) is 11.9 Å². The predicted octanol–water partition coefficient (Wildman–Crippen LogP) is 4.71. The third kappa shape index (κ3) is 4.46. The second kappa shape index (κ2) is 7.60. The van der Waals surface area contributed by atoms with Crippen molar-refractivity contribution in [2.24, 2.45) is 0 Å². The highest BCUT2D eigenvalue weighted by molar-refractivity contribution is 9.10. The Kier molecular flexibility index (Phi) is 5.80. The number of carbonyl (C=O) groups excluding carboxylic acids is 1. The molecule has 0 saturated heterocycles. The van der Waals surface area contributed by atoms with E-state index in [9.17, 15) is 4.79 Å². The van der Waals surface area contributed by atoms with Crippen molar-refractivity contribution in [2.75, 3.05) is 0 Å². The normalized spacial score (nSPS) is 12.1. The highest BCUT2D eigenvalue weighted by Gasteiger charge is 2.12. The average Bonchev–Trinajstić information content (AvgIpc) is 2.97. The van der Waals surface area contributed by atoms with Crippen molar-refractivity contribution < 1.29 is 4.79 Å². The molecule has 4 heteroatoms. The van der Waals surface area contributed by atoms with Gasteiger partial charge in [0.25, 0.3) is 0 Å². The molecule has 2 rings (SSSR count). The van der Waals surface area contributed by atoms with Crippen LogP contribution >= 0.6 is 27.3 Å². The standard InChI is InChI=1S/C16H18BrNOS/c1-2-15(12-5-7-13(17)8-6-12)18-16(19)10-9-14-4-3-11-20-14/h3-8,11,15H,2,9-10H2,1H3,(H,18,19). The van der Waals surface area contributed by atoms with Gasteiger partial charge in [0.1, 0.15) is 0 Å². The summed E-state index contributed by atoms with van der Waals surface area (Å²) in [6.45, 7) is 2.09. The van der Waals surface area contributed by atoms with Crippen molar-refractivity contribution in [3.8, 4) is 0 Å². The predicted molar refractivity (Wildman–Crippen MR) is 88.0 cm³/mol. The molecule has 1 amide bonds. The van der Waals surface area contributed by atoms with Crippen molar-refractivity contribution in [3.05, 3.63) is 56.7 Å². The van der Waals surface area contributed by atoms with Crippen LogP contribution in [-0.4, -0.2) is 5.91 Å². The lowest BCUT2D eigenvalue weighted by Gasteiger charge is -2.17. The number of aryl methyl sites for hydroxylation is 1. The molecular weight excluding hydrogens is 334 g/mol. The van der Waals surface area contributed by atoms with E-state index in [2.05, 4.69) is 46.4 Å². The summed E-state index contributed by atoms with van der Waals surface area (Å²) in [6, 6.07) is 12.3. The summed E-state index contributed by atoms with van der Waals surface area (Å²) < 4.78 is 1.06. The zero-order chi connectivity index (χ0) is 14.4. The van der Waals surface area contributed by atoms with Gasteiger partial charge in [0.2, 0.25) is 5.91 Å². The van der Waals surface area contributed by atoms with Gasteiger partial charge in [-0.2, -0.15) is 0 Å². The van der Waals surface area contributed by atoms with Gasteiger partial charge in [-0.05, 0) is 42.0 Å². The number of benzene rings is 1. The van der Waals surface area contributed by atoms with E-state index in [1.54, 1.807) is 11.3 Å². The molecule has 1 aromatic carbocycles. The molecule has 0 aliphatic rings. The van der Waals surface area contributed by atoms with E-state index < -0.39 is 0 Å². The largest absolute Gasteiger partial charge is 0.349 e. The summed E-state index contributed by atoms with van der Waals surface area (Å²) in [6.07, 6.45) is 2.26. The molecule has 20 heavy (non-hydrogen) atoms. The van der Waals surface area contributed by atoms with E-state index in [4.69, 9.17) is 0 Å². The van der Waals surface area contributed by atoms with Gasteiger partial charge in [0, 0.05) is 15.8 Å². The molecule has 1 aromatic heterocycles. The molecule has 0 bridgehead atoms. The van der Waals surface area contributed by atoms with Crippen LogP contribution in [0.4, 0.5) is 0 Å². The van der Waals surface area contributed by atoms with Crippen LogP contribution in [0.1, 0.15) is 36.2 Å². The lowest BCUT2D eigenvalue weighted by Crippen LogP contribution is -2.28. The number of hydrogen-bond acceptors (Lipinski definition) is 2. The first-order valence-corrected chi connectivity index (χ1v) is 8.43. The Bertz CT molecular complexity index is 536. The Morgan fingerprint density at radius 1 is 1.30 bits per heavy atom. The summed E-state index contributed by atoms with van der Waals surface area (Å²) in [4.78, 5) is 13.3. The molecule has 0 radical (unpaired) electrons. The highest BCUT2D eigenvalue weighted by atomic mass is 79.9. The number of nitrogens with one attached hydrogen (secondary N) is 1. The molecule has 0 aliphatic carbocycles. The van der Waals surface area contributed by atoms with Gasteiger partial charge < -0.3 is 5.32 Å². The third-order valence-corrected chi connectivity index (χ3v) is 4.66. The first-order chi connectivity index (χ1) is 9.69. The van der Waals surface area contributed by atoms with Crippen molar-refractivity contribution >= 4 is 33.2 Å². The van der Waals surface area contributed by atoms with Crippen LogP contribution in [0.5, 0.6) is 0 Å². The summed E-state index contributed by atoms with van der Waals surface area (Å²) in [5, 5.41) is 5.16. The van der Waals surface area contributed by atoms with Crippen molar-refractivity contribution in [2.45, 2.75) is 32.2 Å². The Hall–Kier alpha value is -1.13. The molecule has 1 N–H and O–H groups in total. The molecule has 0 spiro atoms. The zero-order valence-electron chi connectivity index (χ0n) is 11.4. The van der Waals surface area contributed by atoms with E-state index in [1.807, 2.05) is 23.6 Å². The maximum Gasteiger partial charge on any atom is 0.220 e. The fraction of sp³-hybridized carbons (Fsp3) is 0.312. The SMILES string of the molecule is CCC(NC(=O)CCc1cccs1)c1ccc(Br)cc1. The molecule has 0 saturated carbocycles. The number of hydrogen-bond donors (Lipinski definition) is 1. The Morgan fingerprint density at radius 2 is 2.05 bits per heavy atom. The zero-order valence-corrected chi connectivity index (χ0v) is 13.8. The summed E-state index contributed by atoms with van der Waals surface area (Å²) in [5.41, 5.74) is 1.15. The Balaban J connectivity index is 1.89. The lowest BCUT2D eigenvalue weighted by molar-refractivity contribution is -0.121. The lowest BCUT2D eigenvalue weighted by atomic mass is 10.0. The van der Waals surface area contributed by atoms with Crippen LogP contribution in [0, 0.1) is 0 Å². The second-order valence-corrected chi connectivity index (χ2v) is 6.61. The van der Waals surface area contributed by atoms with Gasteiger partial charge >= 0.3 is 0 Å². The van der Waals surface area contributed by atoms with Gasteiger partial charge in [0.05, 0.1) is 6.04 Å². The van der Waals surface area contributed by atoms with Crippen LogP contribution in [0.2, 0.25) is 0 Å². The van der Waals surface area contributed by atoms with Gasteiger partial charge in [0.15, 0.2) is 0 Å². The van der Waals surface area contributed by atoms with Gasteiger partial charge in [-0.25, -0.2) is 0 Å². The average molecular weight is 352 g/mol. The Labute approximate surface area is 132 Å². The number of carbonyl (C=O) groups is 1. The number of rotatable bonds is 6. The third-order valence-electron chi connectivity index (χ3n) is 3.19. The van der Waals surface area contributed by atoms with Gasteiger partial charge in [-0.15, -0.1) is 11.3 Å². The molecule has 0 fully saturated rings. The van der Waals surface area contributed by atoms with Crippen molar-refractivity contribution in [1.82, 2.24) is 5.32 Å². The summed E-state index contributed by atoms with van der Waals surface area (Å²) in [7, 11) is 0. The summed E-state index contributed by atoms with van der Waals surface area (Å²) >= 11 is 5.13. The topological polar surface area (TPSA) is 29.1 Å². The molecular formula is C16H18BrNOS. The minimum Gasteiger partial charge on any atom is -0.349 e. The van der Waals surface area contributed by atoms with E-state index in [0.29, 0.717) is 6.42 Å². The fourth-order valence-electron chi connectivity index (χ4n) is 2.07. The van der Waals surface area contributed by atoms with Crippen LogP contribution in [0.3, 0.4) is 0 Å². The molecule has 1 atom stereocenters. The maximum absolute atomic E-state index is 12.0. The van der Waals surface area contributed by atoms with E-state index in [0.717, 1.165) is 22.9 Å². The highest BCUT2D eigenvalue weighted by Crippen LogP contribution is 2.20. The van der Waals surface area contributed by atoms with Gasteiger partial charge in [-0.1, -0.05) is 41.1 Å². The molecule has 2 nitrogen and oxygen atoms in total. The first kappa shape index (κ1) is 15.3. The molecule has 106 valence electrons. The second-order valence-electron chi connectivity index (χ2n) is 4.66. The number of thiophene rings is 1. The van der Waals surface area contributed by atoms with Crippen LogP contribution in [0.25, 0.3) is 0 Å². The smallest absolute Gasteiger partial charge is 0.220 e. The number of halogens is 1. The first-order valence-electron chi connectivity index (χ1n) is 6.76. The molecule has 2 aromatic rings.